The maximum atomic E-state index is 12.3. The van der Waals surface area contributed by atoms with Crippen LogP contribution in [0.5, 0.6) is 0 Å². The second kappa shape index (κ2) is 26.3. The van der Waals surface area contributed by atoms with Crippen molar-refractivity contribution in [2.45, 2.75) is 129 Å². The summed E-state index contributed by atoms with van der Waals surface area (Å²) in [5.74, 6) is -0.986. The lowest BCUT2D eigenvalue weighted by atomic mass is 10.0. The fourth-order valence-corrected chi connectivity index (χ4v) is 4.77. The average molecular weight is 566 g/mol. The van der Waals surface area contributed by atoms with Gasteiger partial charge in [-0.25, -0.2) is 0 Å². The minimum atomic E-state index is -4.31. The number of nitrogens with one attached hydrogen (secondary N) is 1. The minimum Gasteiger partial charge on any atom is -0.391 e. The molecule has 39 heavy (non-hydrogen) atoms. The van der Waals surface area contributed by atoms with Crippen molar-refractivity contribution in [2.75, 3.05) is 5.75 Å². The molecule has 0 aromatic heterocycles. The van der Waals surface area contributed by atoms with Crippen molar-refractivity contribution in [3.8, 4) is 0 Å². The third kappa shape index (κ3) is 27.4. The van der Waals surface area contributed by atoms with Crippen LogP contribution in [0.15, 0.2) is 60.8 Å². The molecule has 0 aromatic rings. The smallest absolute Gasteiger partial charge is 0.266 e. The zero-order chi connectivity index (χ0) is 29.0. The van der Waals surface area contributed by atoms with E-state index >= 15 is 0 Å². The number of unbranched alkanes of at least 4 members (excludes halogenated alkanes) is 7. The molecule has 224 valence electrons. The van der Waals surface area contributed by atoms with Gasteiger partial charge in [-0.1, -0.05) is 120 Å². The van der Waals surface area contributed by atoms with Crippen molar-refractivity contribution < 1.29 is 22.9 Å². The second-order valence-corrected chi connectivity index (χ2v) is 11.5. The lowest BCUT2D eigenvalue weighted by Gasteiger charge is -2.23. The molecule has 2 unspecified atom stereocenters. The van der Waals surface area contributed by atoms with Crippen molar-refractivity contribution in [3.63, 3.8) is 0 Å². The van der Waals surface area contributed by atoms with E-state index in [9.17, 15) is 22.9 Å². The summed E-state index contributed by atoms with van der Waals surface area (Å²) in [4.78, 5) is 12.3. The number of hydrogen-bond donors (Lipinski definition) is 3. The molecule has 0 fully saturated rings. The topological polar surface area (TPSA) is 104 Å². The van der Waals surface area contributed by atoms with E-state index in [2.05, 4.69) is 73.8 Å². The largest absolute Gasteiger partial charge is 0.391 e. The highest BCUT2D eigenvalue weighted by Gasteiger charge is 2.25. The summed E-state index contributed by atoms with van der Waals surface area (Å²) in [7, 11) is -4.31. The molecule has 7 heteroatoms. The van der Waals surface area contributed by atoms with Gasteiger partial charge in [0.05, 0.1) is 17.9 Å². The van der Waals surface area contributed by atoms with E-state index < -0.39 is 28.0 Å². The normalized spacial score (nSPS) is 14.5. The number of aliphatic hydroxyl groups is 1. The van der Waals surface area contributed by atoms with Crippen LogP contribution >= 0.6 is 0 Å². The zero-order valence-electron chi connectivity index (χ0n) is 24.5. The van der Waals surface area contributed by atoms with E-state index in [0.717, 1.165) is 64.2 Å². The van der Waals surface area contributed by atoms with Gasteiger partial charge in [0.15, 0.2) is 0 Å². The van der Waals surface area contributed by atoms with Crippen molar-refractivity contribution >= 4 is 16.0 Å². The highest BCUT2D eigenvalue weighted by atomic mass is 32.2. The fourth-order valence-electron chi connectivity index (χ4n) is 4.02. The maximum absolute atomic E-state index is 12.3. The number of hydrogen-bond acceptors (Lipinski definition) is 4. The number of allylic oxidation sites excluding steroid dienone is 10. The van der Waals surface area contributed by atoms with Gasteiger partial charge in [0.2, 0.25) is 5.91 Å². The Kier molecular flexibility index (Phi) is 25.0. The number of carbonyl (C=O) groups is 1. The van der Waals surface area contributed by atoms with E-state index in [4.69, 9.17) is 0 Å². The van der Waals surface area contributed by atoms with Crippen LogP contribution in [0.3, 0.4) is 0 Å². The quantitative estimate of drug-likeness (QED) is 0.0596. The first-order valence-electron chi connectivity index (χ1n) is 15.0. The predicted octanol–water partition coefficient (Wildman–Crippen LogP) is 7.78. The average Bonchev–Trinajstić information content (AvgIpc) is 2.88. The lowest BCUT2D eigenvalue weighted by molar-refractivity contribution is -0.122. The van der Waals surface area contributed by atoms with Crippen molar-refractivity contribution in [3.05, 3.63) is 60.8 Å². The molecule has 0 aliphatic heterocycles. The molecular weight excluding hydrogens is 510 g/mol. The number of rotatable bonds is 25. The first-order chi connectivity index (χ1) is 18.8. The first kappa shape index (κ1) is 37.0. The van der Waals surface area contributed by atoms with Crippen LogP contribution in [0.1, 0.15) is 117 Å². The van der Waals surface area contributed by atoms with Gasteiger partial charge in [0, 0.05) is 6.42 Å². The van der Waals surface area contributed by atoms with Crippen LogP contribution in [0.2, 0.25) is 0 Å². The standard InChI is InChI=1S/C32H55NO5S/c1-3-5-7-9-11-12-13-14-15-16-17-18-19-20-22-24-26-28-32(35)33-30(29-39(36,37)38)31(34)27-25-23-21-10-8-6-4-2/h5,7,11-12,14-15,17-18,20,22,30-31,34H,3-4,6,8-10,13,16,19,21,23-29H2,1-2H3,(H,33,35)(H,36,37,38)/b7-5-,12-11-,15-14-,18-17-,22-20-. The molecule has 0 aliphatic carbocycles. The summed E-state index contributed by atoms with van der Waals surface area (Å²) < 4.78 is 32.1. The van der Waals surface area contributed by atoms with Gasteiger partial charge in [0.1, 0.15) is 0 Å². The van der Waals surface area contributed by atoms with Gasteiger partial charge in [-0.15, -0.1) is 0 Å². The van der Waals surface area contributed by atoms with E-state index in [1.165, 1.54) is 19.3 Å². The molecule has 3 N–H and O–H groups in total. The van der Waals surface area contributed by atoms with Crippen LogP contribution in [0.4, 0.5) is 0 Å². The van der Waals surface area contributed by atoms with Crippen molar-refractivity contribution in [1.29, 1.82) is 0 Å². The molecular formula is C32H55NO5S. The summed E-state index contributed by atoms with van der Waals surface area (Å²) in [5.41, 5.74) is 0. The Bertz CT molecular complexity index is 843. The molecule has 0 aromatic carbocycles. The van der Waals surface area contributed by atoms with Gasteiger partial charge in [-0.05, 0) is 51.4 Å². The van der Waals surface area contributed by atoms with Gasteiger partial charge in [-0.3, -0.25) is 9.35 Å². The van der Waals surface area contributed by atoms with Crippen molar-refractivity contribution in [2.24, 2.45) is 0 Å². The Morgan fingerprint density at radius 1 is 0.718 bits per heavy atom. The Balaban J connectivity index is 4.14. The van der Waals surface area contributed by atoms with Gasteiger partial charge in [-0.2, -0.15) is 8.42 Å². The van der Waals surface area contributed by atoms with Gasteiger partial charge < -0.3 is 10.4 Å². The summed E-state index contributed by atoms with van der Waals surface area (Å²) in [6.07, 6.45) is 34.8. The summed E-state index contributed by atoms with van der Waals surface area (Å²) in [6.45, 7) is 4.31. The second-order valence-electron chi connectivity index (χ2n) is 10.0. The molecule has 0 rings (SSSR count). The molecule has 6 nitrogen and oxygen atoms in total. The van der Waals surface area contributed by atoms with Crippen LogP contribution < -0.4 is 5.32 Å². The van der Waals surface area contributed by atoms with E-state index in [1.54, 1.807) is 0 Å². The summed E-state index contributed by atoms with van der Waals surface area (Å²) in [5, 5.41) is 13.1. The first-order valence-corrected chi connectivity index (χ1v) is 16.6. The maximum Gasteiger partial charge on any atom is 0.266 e. The highest BCUT2D eigenvalue weighted by Crippen LogP contribution is 2.12. The predicted molar refractivity (Wildman–Crippen MR) is 165 cm³/mol. The molecule has 1 amide bonds. The molecule has 0 aliphatic rings. The SMILES string of the molecule is CC/C=C\C/C=C\C/C=C\C/C=C\C/C=C\CCCC(=O)NC(CS(=O)(=O)O)C(O)CCCCCCCCC. The third-order valence-corrected chi connectivity index (χ3v) is 7.02. The van der Waals surface area contributed by atoms with Gasteiger partial charge >= 0.3 is 0 Å². The highest BCUT2D eigenvalue weighted by molar-refractivity contribution is 7.85. The Morgan fingerprint density at radius 3 is 1.72 bits per heavy atom. The van der Waals surface area contributed by atoms with E-state index in [0.29, 0.717) is 12.8 Å². The molecule has 0 heterocycles. The Morgan fingerprint density at radius 2 is 1.21 bits per heavy atom. The van der Waals surface area contributed by atoms with Crippen molar-refractivity contribution in [1.82, 2.24) is 5.32 Å². The number of amides is 1. The van der Waals surface area contributed by atoms with Crippen LogP contribution in [0, 0.1) is 0 Å². The molecule has 0 bridgehead atoms. The molecule has 2 atom stereocenters. The van der Waals surface area contributed by atoms with E-state index in [-0.39, 0.29) is 12.3 Å². The molecule has 0 spiro atoms. The molecule has 0 saturated heterocycles. The minimum absolute atomic E-state index is 0.237. The van der Waals surface area contributed by atoms with Crippen LogP contribution in [-0.2, 0) is 14.9 Å². The fraction of sp³-hybridized carbons (Fsp3) is 0.656. The lowest BCUT2D eigenvalue weighted by Crippen LogP contribution is -2.47. The third-order valence-electron chi connectivity index (χ3n) is 6.24. The molecule has 0 radical (unpaired) electrons. The monoisotopic (exact) mass is 565 g/mol. The number of carbonyl (C=O) groups excluding carboxylic acids is 1. The van der Waals surface area contributed by atoms with E-state index in [1.807, 2.05) is 6.08 Å². The zero-order valence-corrected chi connectivity index (χ0v) is 25.3. The summed E-state index contributed by atoms with van der Waals surface area (Å²) >= 11 is 0. The van der Waals surface area contributed by atoms with Gasteiger partial charge in [0.25, 0.3) is 10.1 Å². The van der Waals surface area contributed by atoms with Crippen LogP contribution in [-0.4, -0.2) is 41.9 Å². The molecule has 0 saturated carbocycles. The van der Waals surface area contributed by atoms with Crippen LogP contribution in [0.25, 0.3) is 0 Å². The number of aliphatic hydroxyl groups excluding tert-OH is 1. The Labute approximate surface area is 239 Å². The summed E-state index contributed by atoms with van der Waals surface area (Å²) in [6, 6.07) is -0.999. The Hall–Kier alpha value is -1.96.